The highest BCUT2D eigenvalue weighted by Gasteiger charge is 2.40. The zero-order valence-electron chi connectivity index (χ0n) is 11.8. The number of halogens is 2. The number of ether oxygens (including phenoxy) is 1. The zero-order valence-corrected chi connectivity index (χ0v) is 13.3. The van der Waals surface area contributed by atoms with E-state index in [1.165, 1.54) is 0 Å². The summed E-state index contributed by atoms with van der Waals surface area (Å²) >= 11 is 12.2. The summed E-state index contributed by atoms with van der Waals surface area (Å²) in [5, 5.41) is 0.231. The van der Waals surface area contributed by atoms with E-state index in [0.29, 0.717) is 11.3 Å². The van der Waals surface area contributed by atoms with Crippen LogP contribution >= 0.6 is 23.2 Å². The summed E-state index contributed by atoms with van der Waals surface area (Å²) in [7, 11) is 1.62. The van der Waals surface area contributed by atoms with Gasteiger partial charge in [-0.1, -0.05) is 37.0 Å². The molecule has 1 aliphatic heterocycles. The summed E-state index contributed by atoms with van der Waals surface area (Å²) in [5.74, 6) is 0.389. The van der Waals surface area contributed by atoms with Crippen molar-refractivity contribution in [2.75, 3.05) is 7.11 Å². The summed E-state index contributed by atoms with van der Waals surface area (Å²) in [6, 6.07) is 5.68. The quantitative estimate of drug-likeness (QED) is 0.572. The molecule has 0 N–H and O–H groups in total. The number of Topliss-reactive ketones (excluding diaryl/α,β-unsaturated/α-hetero) is 1. The molecule has 0 fully saturated rings. The van der Waals surface area contributed by atoms with Crippen LogP contribution in [0.4, 0.5) is 5.69 Å². The van der Waals surface area contributed by atoms with Gasteiger partial charge < -0.3 is 4.74 Å². The first-order valence-corrected chi connectivity index (χ1v) is 7.21. The van der Waals surface area contributed by atoms with Crippen molar-refractivity contribution in [2.45, 2.75) is 19.3 Å². The van der Waals surface area contributed by atoms with E-state index >= 15 is 0 Å². The van der Waals surface area contributed by atoms with E-state index in [1.807, 2.05) is 32.0 Å². The molecule has 0 spiro atoms. The van der Waals surface area contributed by atoms with Gasteiger partial charge in [-0.2, -0.15) is 0 Å². The summed E-state index contributed by atoms with van der Waals surface area (Å²) in [6.45, 7) is 4.02. The lowest BCUT2D eigenvalue weighted by atomic mass is 9.73. The minimum atomic E-state index is -0.457. The normalized spacial score (nSPS) is 19.6. The van der Waals surface area contributed by atoms with Crippen molar-refractivity contribution in [1.82, 2.24) is 0 Å². The zero-order chi connectivity index (χ0) is 15.4. The highest BCUT2D eigenvalue weighted by Crippen LogP contribution is 2.47. The van der Waals surface area contributed by atoms with Gasteiger partial charge in [-0.15, -0.1) is 0 Å². The largest absolute Gasteiger partial charge is 0.497 e. The lowest BCUT2D eigenvalue weighted by Gasteiger charge is -2.36. The Balaban J connectivity index is 2.32. The van der Waals surface area contributed by atoms with Crippen molar-refractivity contribution in [3.63, 3.8) is 0 Å². The van der Waals surface area contributed by atoms with Gasteiger partial charge in [0, 0.05) is 11.0 Å². The maximum atomic E-state index is 12.0. The van der Waals surface area contributed by atoms with Gasteiger partial charge in [0.25, 0.3) is 0 Å². The van der Waals surface area contributed by atoms with E-state index in [1.54, 1.807) is 13.2 Å². The molecular weight excluding hydrogens is 310 g/mol. The van der Waals surface area contributed by atoms with Crippen LogP contribution in [0.3, 0.4) is 0 Å². The number of carbonyl (C=O) groups excluding carboxylic acids is 1. The van der Waals surface area contributed by atoms with Crippen molar-refractivity contribution < 1.29 is 9.53 Å². The molecule has 5 heteroatoms. The Morgan fingerprint density at radius 1 is 1.24 bits per heavy atom. The van der Waals surface area contributed by atoms with Crippen LogP contribution in [0, 0.1) is 0 Å². The first-order chi connectivity index (χ1) is 9.86. The van der Waals surface area contributed by atoms with E-state index in [-0.39, 0.29) is 15.8 Å². The van der Waals surface area contributed by atoms with E-state index in [0.717, 1.165) is 17.0 Å². The average Bonchev–Trinajstić information content (AvgIpc) is 2.44. The van der Waals surface area contributed by atoms with Crippen LogP contribution in [0.1, 0.15) is 19.4 Å². The number of hydrogen-bond donors (Lipinski definition) is 0. The first-order valence-electron chi connectivity index (χ1n) is 6.46. The van der Waals surface area contributed by atoms with E-state index in [9.17, 15) is 4.79 Å². The fourth-order valence-corrected chi connectivity index (χ4v) is 3.46. The van der Waals surface area contributed by atoms with Gasteiger partial charge in [0.2, 0.25) is 5.78 Å². The van der Waals surface area contributed by atoms with Crippen molar-refractivity contribution >= 4 is 40.4 Å². The van der Waals surface area contributed by atoms with Gasteiger partial charge in [-0.3, -0.25) is 4.79 Å². The number of hydrogen-bond acceptors (Lipinski definition) is 3. The second-order valence-corrected chi connectivity index (χ2v) is 6.30. The standard InChI is InChI=1S/C16H13Cl2NO2/c1-16(2)9-6-8(21-3)4-5-11(9)19-12-7-10(17)15(20)14(18)13(12)16/h4-7H,1-3H3/i14+1. The van der Waals surface area contributed by atoms with Crippen LogP contribution in [-0.4, -0.2) is 18.6 Å². The van der Waals surface area contributed by atoms with E-state index in [2.05, 4.69) is 4.99 Å². The number of nitrogens with zero attached hydrogens (tertiary/aromatic N) is 1. The fourth-order valence-electron chi connectivity index (χ4n) is 2.78. The van der Waals surface area contributed by atoms with Crippen LogP contribution < -0.4 is 4.74 Å². The number of rotatable bonds is 1. The van der Waals surface area contributed by atoms with Crippen molar-refractivity contribution in [2.24, 2.45) is 4.99 Å². The second-order valence-electron chi connectivity index (χ2n) is 5.52. The molecule has 0 atom stereocenters. The summed E-state index contributed by atoms with van der Waals surface area (Å²) in [6.07, 6.45) is 1.58. The Kier molecular flexibility index (Phi) is 3.23. The Morgan fingerprint density at radius 3 is 2.62 bits per heavy atom. The van der Waals surface area contributed by atoms with Crippen LogP contribution in [0.2, 0.25) is 0 Å². The number of carbonyl (C=O) groups is 1. The molecule has 2 aliphatic rings. The first kappa shape index (κ1) is 14.4. The smallest absolute Gasteiger partial charge is 0.216 e. The molecule has 0 bridgehead atoms. The molecule has 0 amide bonds. The van der Waals surface area contributed by atoms with E-state index in [4.69, 9.17) is 27.9 Å². The Hall–Kier alpha value is -1.58. The molecule has 1 aromatic carbocycles. The lowest BCUT2D eigenvalue weighted by molar-refractivity contribution is -0.111. The number of methoxy groups -OCH3 is 1. The van der Waals surface area contributed by atoms with Crippen molar-refractivity contribution in [3.05, 3.63) is 45.5 Å². The third kappa shape index (κ3) is 2.03. The fraction of sp³-hybridized carbons (Fsp3) is 0.250. The molecule has 0 unspecified atom stereocenters. The molecule has 108 valence electrons. The van der Waals surface area contributed by atoms with Gasteiger partial charge in [-0.25, -0.2) is 4.99 Å². The molecule has 0 radical (unpaired) electrons. The number of aliphatic imine (C=N–C) groups is 1. The molecule has 3 rings (SSSR count). The molecule has 1 heterocycles. The molecule has 0 aromatic heterocycles. The highest BCUT2D eigenvalue weighted by molar-refractivity contribution is 6.58. The molecule has 1 aromatic rings. The highest BCUT2D eigenvalue weighted by atomic mass is 35.5. The minimum absolute atomic E-state index is 0.0928. The molecule has 0 saturated carbocycles. The maximum Gasteiger partial charge on any atom is 0.216 e. The van der Waals surface area contributed by atoms with Gasteiger partial charge in [0.1, 0.15) is 5.75 Å². The maximum absolute atomic E-state index is 12.0. The molecule has 0 saturated heterocycles. The third-order valence-corrected chi connectivity index (χ3v) is 4.54. The van der Waals surface area contributed by atoms with E-state index < -0.39 is 5.41 Å². The number of fused-ring (bicyclic) bond motifs is 2. The Labute approximate surface area is 132 Å². The van der Waals surface area contributed by atoms with Crippen molar-refractivity contribution in [1.29, 1.82) is 0 Å². The molecular formula is C16H13Cl2NO2. The van der Waals surface area contributed by atoms with Crippen LogP contribution in [-0.2, 0) is 10.2 Å². The van der Waals surface area contributed by atoms with Gasteiger partial charge in [0.05, 0.1) is 28.6 Å². The Morgan fingerprint density at radius 2 is 1.95 bits per heavy atom. The Bertz CT molecular complexity index is 758. The molecule has 1 aliphatic carbocycles. The molecule has 3 nitrogen and oxygen atoms in total. The van der Waals surface area contributed by atoms with Crippen LogP contribution in [0.15, 0.2) is 44.9 Å². The topological polar surface area (TPSA) is 38.7 Å². The second kappa shape index (κ2) is 4.72. The summed E-state index contributed by atoms with van der Waals surface area (Å²) < 4.78 is 5.28. The van der Waals surface area contributed by atoms with Crippen LogP contribution in [0.25, 0.3) is 0 Å². The number of ketones is 1. The molecule has 21 heavy (non-hydrogen) atoms. The lowest BCUT2D eigenvalue weighted by Crippen LogP contribution is -2.32. The SMILES string of the molecule is COc1ccc2c(c1)C(C)(C)C1=[13C](Cl)C(=O)C(Cl)=CC1=N2. The average molecular weight is 323 g/mol. The summed E-state index contributed by atoms with van der Waals surface area (Å²) in [5.41, 5.74) is 2.70. The number of benzene rings is 1. The summed E-state index contributed by atoms with van der Waals surface area (Å²) in [4.78, 5) is 16.6. The van der Waals surface area contributed by atoms with Gasteiger partial charge >= 0.3 is 0 Å². The van der Waals surface area contributed by atoms with Gasteiger partial charge in [-0.05, 0) is 29.8 Å². The predicted octanol–water partition coefficient (Wildman–Crippen LogP) is 4.26. The van der Waals surface area contributed by atoms with Gasteiger partial charge in [0.15, 0.2) is 0 Å². The number of allylic oxidation sites excluding steroid dienone is 4. The van der Waals surface area contributed by atoms with Crippen molar-refractivity contribution in [3.8, 4) is 5.75 Å². The monoisotopic (exact) mass is 322 g/mol. The minimum Gasteiger partial charge on any atom is -0.497 e. The van der Waals surface area contributed by atoms with Crippen LogP contribution in [0.5, 0.6) is 5.75 Å². The predicted molar refractivity (Wildman–Crippen MR) is 84.9 cm³/mol. The third-order valence-electron chi connectivity index (χ3n) is 3.90.